The molecule has 7 nitrogen and oxygen atoms in total. The Morgan fingerprint density at radius 2 is 1.11 bits per heavy atom. The van der Waals surface area contributed by atoms with Crippen LogP contribution in [0.25, 0.3) is 0 Å². The number of aliphatic hydroxyl groups is 7. The average Bonchev–Trinajstić information content (AvgIpc) is 2.77. The molecule has 0 amide bonds. The van der Waals surface area contributed by atoms with Crippen molar-refractivity contribution in [3.8, 4) is 0 Å². The largest absolute Gasteiger partial charge is 2.00 e. The molecular formula is C23H50O7WY4-4. The first-order valence-corrected chi connectivity index (χ1v) is 9.94. The number of hydrogen-bond donors (Lipinski definition) is 7. The molecule has 4 radical (unpaired) electrons. The van der Waals surface area contributed by atoms with Crippen LogP contribution in [0.5, 0.6) is 0 Å². The molecule has 0 aliphatic rings. The molecular weight excluding hydrogens is 928 g/mol. The van der Waals surface area contributed by atoms with Crippen molar-refractivity contribution in [3.63, 3.8) is 0 Å². The molecule has 0 saturated carbocycles. The molecule has 0 rings (SSSR count). The second-order valence-corrected chi connectivity index (χ2v) is 7.18. The predicted octanol–water partition coefficient (Wildman–Crippen LogP) is 1.45. The Balaban J connectivity index is -0.0000000287. The maximum absolute atomic E-state index is 8.91. The normalized spacial score (nSPS) is 10.0. The second-order valence-electron chi connectivity index (χ2n) is 7.18. The van der Waals surface area contributed by atoms with Gasteiger partial charge < -0.3 is 77.8 Å². The van der Waals surface area contributed by atoms with E-state index in [-0.39, 0.29) is 216 Å². The molecule has 0 saturated heterocycles. The van der Waals surface area contributed by atoms with Gasteiger partial charge in [-0.1, -0.05) is 20.3 Å². The van der Waals surface area contributed by atoms with Crippen LogP contribution in [-0.2, 0) is 152 Å². The van der Waals surface area contributed by atoms with E-state index in [1.807, 2.05) is 13.8 Å². The minimum absolute atomic E-state index is 0. The van der Waals surface area contributed by atoms with Gasteiger partial charge in [-0.15, -0.1) is 12.3 Å². The average molecular weight is 978 g/mol. The first kappa shape index (κ1) is 67.5. The minimum atomic E-state index is -0.620. The summed E-state index contributed by atoms with van der Waals surface area (Å²) in [6.07, 6.45) is 3.03. The van der Waals surface area contributed by atoms with Gasteiger partial charge in [-0.05, 0) is 18.4 Å². The van der Waals surface area contributed by atoms with Gasteiger partial charge in [0, 0.05) is 157 Å². The standard InChI is InChI=1S/C8H17O2.C6H12O.2C4H9O2.CH3.W.4Y/c1-3-5-8(4-2,6-9)7-10;1-4-6(2,3)5-7;1-4(2-5)3-6;1-2-4(6)3-5;;;;;;/h9-10H,2-7H2,1H3;7H,2-5H2,1H3;2*4-6H,1-3H2;1H3;;;;;/q-1;-2;3*-1;+2;;;;. The number of rotatable bonds is 11. The van der Waals surface area contributed by atoms with Gasteiger partial charge in [-0.2, -0.15) is 12.8 Å². The van der Waals surface area contributed by atoms with Crippen LogP contribution in [0.1, 0.15) is 46.0 Å². The molecule has 7 N–H and O–H groups in total. The summed E-state index contributed by atoms with van der Waals surface area (Å²) in [5.74, 6) is -0.204. The summed E-state index contributed by atoms with van der Waals surface area (Å²) >= 11 is 0. The van der Waals surface area contributed by atoms with Crippen molar-refractivity contribution in [3.05, 3.63) is 42.0 Å². The van der Waals surface area contributed by atoms with E-state index in [1.165, 1.54) is 0 Å². The molecule has 35 heavy (non-hydrogen) atoms. The number of aliphatic hydroxyl groups excluding tert-OH is 7. The summed E-state index contributed by atoms with van der Waals surface area (Å²) < 4.78 is 0. The Morgan fingerprint density at radius 1 is 0.743 bits per heavy atom. The van der Waals surface area contributed by atoms with Gasteiger partial charge in [0.1, 0.15) is 0 Å². The molecule has 206 valence electrons. The molecule has 1 atom stereocenters. The van der Waals surface area contributed by atoms with Crippen molar-refractivity contribution in [1.82, 2.24) is 0 Å². The van der Waals surface area contributed by atoms with E-state index in [1.54, 1.807) is 0 Å². The SMILES string of the molecule is [CH2-]C(CO)CO.[CH2-]C([CH2-])(CC)CO.[CH2-]CC(CO)(CO)CCC.[CH2-]CC(O)CO.[CH3-].[W+2].[Y].[Y].[Y].[Y]. The van der Waals surface area contributed by atoms with Crippen molar-refractivity contribution in [1.29, 1.82) is 0 Å². The summed E-state index contributed by atoms with van der Waals surface area (Å²) in [6, 6.07) is 0. The third-order valence-corrected chi connectivity index (χ3v) is 4.13. The molecule has 0 fully saturated rings. The third kappa shape index (κ3) is 52.0. The minimum Gasteiger partial charge on any atom is -0.401 e. The summed E-state index contributed by atoms with van der Waals surface area (Å²) in [5.41, 5.74) is -0.686. The Kier molecular flexibility index (Phi) is 93.6. The van der Waals surface area contributed by atoms with E-state index in [9.17, 15) is 0 Å². The van der Waals surface area contributed by atoms with Crippen molar-refractivity contribution in [2.45, 2.75) is 52.1 Å². The van der Waals surface area contributed by atoms with E-state index in [0.29, 0.717) is 12.8 Å². The summed E-state index contributed by atoms with van der Waals surface area (Å²) in [5, 5.41) is 58.9. The Hall–Kier alpha value is 4.82. The van der Waals surface area contributed by atoms with Crippen LogP contribution >= 0.6 is 0 Å². The topological polar surface area (TPSA) is 142 Å². The van der Waals surface area contributed by atoms with Crippen LogP contribution in [0.15, 0.2) is 0 Å². The molecule has 0 aromatic rings. The third-order valence-electron chi connectivity index (χ3n) is 4.13. The summed E-state index contributed by atoms with van der Waals surface area (Å²) in [4.78, 5) is 0. The molecule has 0 heterocycles. The first-order chi connectivity index (χ1) is 13.5. The van der Waals surface area contributed by atoms with Gasteiger partial charge >= 0.3 is 21.1 Å². The molecule has 0 aromatic carbocycles. The van der Waals surface area contributed by atoms with Crippen LogP contribution in [-0.4, -0.2) is 81.5 Å². The maximum atomic E-state index is 8.91. The zero-order valence-corrected chi connectivity index (χ0v) is 36.6. The Labute approximate surface area is 332 Å². The van der Waals surface area contributed by atoms with Gasteiger partial charge in [-0.25, -0.2) is 0 Å². The summed E-state index contributed by atoms with van der Waals surface area (Å²) in [6.45, 7) is 21.6. The van der Waals surface area contributed by atoms with E-state index in [4.69, 9.17) is 35.7 Å². The zero-order valence-electron chi connectivity index (χ0n) is 22.3. The fraction of sp³-hybridized carbons (Fsp3) is 0.739. The first-order valence-electron chi connectivity index (χ1n) is 9.94. The van der Waals surface area contributed by atoms with Gasteiger partial charge in [0.05, 0.1) is 12.7 Å². The van der Waals surface area contributed by atoms with Crippen LogP contribution < -0.4 is 0 Å². The predicted molar refractivity (Wildman–Crippen MR) is 125 cm³/mol. The monoisotopic (exact) mass is 978 g/mol. The molecule has 0 aliphatic heterocycles. The van der Waals surface area contributed by atoms with Gasteiger partial charge in [-0.3, -0.25) is 5.41 Å². The van der Waals surface area contributed by atoms with Crippen LogP contribution in [0, 0.1) is 58.8 Å². The van der Waals surface area contributed by atoms with Gasteiger partial charge in [0.2, 0.25) is 0 Å². The van der Waals surface area contributed by atoms with Crippen LogP contribution in [0.2, 0.25) is 0 Å². The van der Waals surface area contributed by atoms with E-state index in [0.717, 1.165) is 19.3 Å². The van der Waals surface area contributed by atoms with E-state index in [2.05, 4.69) is 34.6 Å². The Bertz CT molecular complexity index is 287. The molecule has 0 spiro atoms. The summed E-state index contributed by atoms with van der Waals surface area (Å²) in [7, 11) is 0. The molecule has 1 unspecified atom stereocenters. The smallest absolute Gasteiger partial charge is 0.401 e. The van der Waals surface area contributed by atoms with E-state index >= 15 is 0 Å². The van der Waals surface area contributed by atoms with Crippen molar-refractivity contribution in [2.24, 2.45) is 16.7 Å². The molecule has 0 bridgehead atoms. The van der Waals surface area contributed by atoms with Crippen LogP contribution in [0.3, 0.4) is 0 Å². The second kappa shape index (κ2) is 48.5. The van der Waals surface area contributed by atoms with Gasteiger partial charge in [0.15, 0.2) is 0 Å². The molecule has 0 aromatic heterocycles. The zero-order chi connectivity index (χ0) is 23.9. The van der Waals surface area contributed by atoms with Crippen molar-refractivity contribution in [2.75, 3.05) is 39.6 Å². The van der Waals surface area contributed by atoms with E-state index < -0.39 is 6.10 Å². The quantitative estimate of drug-likeness (QED) is 0.156. The van der Waals surface area contributed by atoms with Crippen molar-refractivity contribution >= 4 is 0 Å². The fourth-order valence-corrected chi connectivity index (χ4v) is 1.28. The molecule has 12 heteroatoms. The molecule has 0 aliphatic carbocycles. The van der Waals surface area contributed by atoms with Crippen LogP contribution in [0.4, 0.5) is 0 Å². The Morgan fingerprint density at radius 3 is 1.14 bits per heavy atom. The van der Waals surface area contributed by atoms with Gasteiger partial charge in [0.25, 0.3) is 0 Å². The fourth-order valence-electron chi connectivity index (χ4n) is 1.28. The van der Waals surface area contributed by atoms with Crippen molar-refractivity contribution < 1.29 is 188 Å². The maximum Gasteiger partial charge on any atom is 2.00 e. The number of hydrogen-bond acceptors (Lipinski definition) is 7.